The second-order valence-corrected chi connectivity index (χ2v) is 5.51. The molecule has 2 aromatic rings. The summed E-state index contributed by atoms with van der Waals surface area (Å²) in [5.74, 6) is 0.362. The number of benzene rings is 2. The number of urea groups is 1. The smallest absolute Gasteiger partial charge is 0.275 e. The van der Waals surface area contributed by atoms with Crippen LogP contribution in [0.25, 0.3) is 10.8 Å². The van der Waals surface area contributed by atoms with Crippen molar-refractivity contribution in [3.05, 3.63) is 48.0 Å². The van der Waals surface area contributed by atoms with Gasteiger partial charge in [0, 0.05) is 5.75 Å². The quantitative estimate of drug-likeness (QED) is 0.804. The van der Waals surface area contributed by atoms with Crippen LogP contribution < -0.4 is 16.2 Å². The highest BCUT2D eigenvalue weighted by Gasteiger charge is 2.25. The van der Waals surface area contributed by atoms with Gasteiger partial charge in [-0.25, -0.2) is 10.2 Å². The first-order valence-electron chi connectivity index (χ1n) is 6.18. The van der Waals surface area contributed by atoms with Gasteiger partial charge in [-0.2, -0.15) is 0 Å². The minimum absolute atomic E-state index is 0.320. The van der Waals surface area contributed by atoms with Crippen molar-refractivity contribution in [3.63, 3.8) is 0 Å². The van der Waals surface area contributed by atoms with E-state index >= 15 is 0 Å². The Kier molecular flexibility index (Phi) is 3.58. The minimum atomic E-state index is -0.517. The van der Waals surface area contributed by atoms with Crippen LogP contribution >= 0.6 is 11.8 Å². The fraction of sp³-hybridized carbons (Fsp3) is 0.143. The molecule has 1 heterocycles. The molecular weight excluding hydrogens is 274 g/mol. The average molecular weight is 287 g/mol. The molecule has 0 bridgehead atoms. The summed E-state index contributed by atoms with van der Waals surface area (Å²) in [6.07, 6.45) is 0. The van der Waals surface area contributed by atoms with Gasteiger partial charge >= 0.3 is 6.03 Å². The molecular formula is C14H13N3O2S. The van der Waals surface area contributed by atoms with Gasteiger partial charge in [0.2, 0.25) is 0 Å². The molecule has 1 fully saturated rings. The van der Waals surface area contributed by atoms with E-state index in [-0.39, 0.29) is 5.91 Å². The van der Waals surface area contributed by atoms with E-state index in [0.29, 0.717) is 5.75 Å². The number of thioether (sulfide) groups is 1. The van der Waals surface area contributed by atoms with E-state index in [1.165, 1.54) is 28.1 Å². The highest BCUT2D eigenvalue weighted by Crippen LogP contribution is 2.24. The molecule has 1 aliphatic heterocycles. The third-order valence-corrected chi connectivity index (χ3v) is 4.22. The maximum absolute atomic E-state index is 11.6. The standard InChI is InChI=1S/C14H13N3O2S/c18-12-13(16-17-14(19)15-12)20-8-10-6-3-5-9-4-1-2-7-11(9)10/h1-7,13,16H,8H2,(H2,15,17,18,19). The van der Waals surface area contributed by atoms with Crippen LogP contribution in [0.1, 0.15) is 5.56 Å². The Hall–Kier alpha value is -2.05. The Balaban J connectivity index is 1.74. The lowest BCUT2D eigenvalue weighted by atomic mass is 10.1. The lowest BCUT2D eigenvalue weighted by Gasteiger charge is -2.23. The first-order chi connectivity index (χ1) is 9.74. The molecule has 1 aliphatic rings. The topological polar surface area (TPSA) is 70.2 Å². The highest BCUT2D eigenvalue weighted by molar-refractivity contribution is 7.99. The Labute approximate surface area is 120 Å². The summed E-state index contributed by atoms with van der Waals surface area (Å²) >= 11 is 1.44. The Bertz CT molecular complexity index is 669. The molecule has 3 N–H and O–H groups in total. The third-order valence-electron chi connectivity index (χ3n) is 3.08. The van der Waals surface area contributed by atoms with Gasteiger partial charge in [0.1, 0.15) is 0 Å². The van der Waals surface area contributed by atoms with Crippen molar-refractivity contribution in [1.29, 1.82) is 0 Å². The van der Waals surface area contributed by atoms with E-state index < -0.39 is 11.4 Å². The van der Waals surface area contributed by atoms with Gasteiger partial charge in [-0.3, -0.25) is 15.5 Å². The molecule has 3 rings (SSSR count). The van der Waals surface area contributed by atoms with Gasteiger partial charge in [0.25, 0.3) is 5.91 Å². The van der Waals surface area contributed by atoms with E-state index in [2.05, 4.69) is 40.4 Å². The van der Waals surface area contributed by atoms with E-state index in [4.69, 9.17) is 0 Å². The largest absolute Gasteiger partial charge is 0.335 e. The average Bonchev–Trinajstić information content (AvgIpc) is 2.46. The van der Waals surface area contributed by atoms with Crippen LogP contribution in [0.4, 0.5) is 4.79 Å². The van der Waals surface area contributed by atoms with Crippen LogP contribution in [0.2, 0.25) is 0 Å². The van der Waals surface area contributed by atoms with E-state index in [0.717, 1.165) is 0 Å². The molecule has 0 aliphatic carbocycles. The SMILES string of the molecule is O=C1NNC(SCc2cccc3ccccc23)C(=O)N1. The van der Waals surface area contributed by atoms with Crippen molar-refractivity contribution in [1.82, 2.24) is 16.2 Å². The maximum atomic E-state index is 11.6. The number of hydrazine groups is 1. The predicted molar refractivity (Wildman–Crippen MR) is 78.8 cm³/mol. The van der Waals surface area contributed by atoms with Crippen LogP contribution in [0.3, 0.4) is 0 Å². The summed E-state index contributed by atoms with van der Waals surface area (Å²) in [4.78, 5) is 22.6. The molecule has 20 heavy (non-hydrogen) atoms. The molecule has 2 aromatic carbocycles. The zero-order valence-corrected chi connectivity index (χ0v) is 11.4. The third kappa shape index (κ3) is 2.61. The van der Waals surface area contributed by atoms with Gasteiger partial charge in [0.05, 0.1) is 0 Å². The summed E-state index contributed by atoms with van der Waals surface area (Å²) in [5, 5.41) is 4.11. The van der Waals surface area contributed by atoms with Crippen molar-refractivity contribution in [3.8, 4) is 0 Å². The fourth-order valence-electron chi connectivity index (χ4n) is 2.11. The van der Waals surface area contributed by atoms with Crippen molar-refractivity contribution in [2.24, 2.45) is 0 Å². The van der Waals surface area contributed by atoms with Crippen LogP contribution in [0, 0.1) is 0 Å². The monoisotopic (exact) mass is 287 g/mol. The number of carbonyl (C=O) groups excluding carboxylic acids is 2. The minimum Gasteiger partial charge on any atom is -0.275 e. The molecule has 1 saturated heterocycles. The number of hydrogen-bond acceptors (Lipinski definition) is 4. The normalized spacial score (nSPS) is 18.7. The molecule has 0 aromatic heterocycles. The highest BCUT2D eigenvalue weighted by atomic mass is 32.2. The van der Waals surface area contributed by atoms with Crippen LogP contribution in [0.5, 0.6) is 0 Å². The van der Waals surface area contributed by atoms with Gasteiger partial charge < -0.3 is 0 Å². The summed E-state index contributed by atoms with van der Waals surface area (Å²) in [6, 6.07) is 13.7. The van der Waals surface area contributed by atoms with E-state index in [1.54, 1.807) is 0 Å². The Morgan fingerprint density at radius 1 is 1.05 bits per heavy atom. The molecule has 0 spiro atoms. The van der Waals surface area contributed by atoms with Crippen molar-refractivity contribution in [2.75, 3.05) is 0 Å². The maximum Gasteiger partial charge on any atom is 0.335 e. The number of amides is 3. The predicted octanol–water partition coefficient (Wildman–Crippen LogP) is 1.74. The number of hydrogen-bond donors (Lipinski definition) is 3. The summed E-state index contributed by atoms with van der Waals surface area (Å²) in [7, 11) is 0. The molecule has 0 radical (unpaired) electrons. The summed E-state index contributed by atoms with van der Waals surface area (Å²) in [6.45, 7) is 0. The van der Waals surface area contributed by atoms with Gasteiger partial charge in [-0.15, -0.1) is 11.8 Å². The van der Waals surface area contributed by atoms with Gasteiger partial charge in [0.15, 0.2) is 5.37 Å². The van der Waals surface area contributed by atoms with Gasteiger partial charge in [-0.1, -0.05) is 42.5 Å². The molecule has 1 atom stereocenters. The molecule has 3 amide bonds. The second kappa shape index (κ2) is 5.52. The number of fused-ring (bicyclic) bond motifs is 1. The molecule has 5 nitrogen and oxygen atoms in total. The first kappa shape index (κ1) is 13.0. The van der Waals surface area contributed by atoms with Gasteiger partial charge in [-0.05, 0) is 16.3 Å². The second-order valence-electron chi connectivity index (χ2n) is 4.42. The summed E-state index contributed by atoms with van der Waals surface area (Å²) < 4.78 is 0. The lowest BCUT2D eigenvalue weighted by molar-refractivity contribution is -0.120. The first-order valence-corrected chi connectivity index (χ1v) is 7.23. The number of nitrogens with one attached hydrogen (secondary N) is 3. The van der Waals surface area contributed by atoms with Crippen LogP contribution in [-0.4, -0.2) is 17.3 Å². The number of imide groups is 1. The fourth-order valence-corrected chi connectivity index (χ4v) is 3.06. The van der Waals surface area contributed by atoms with E-state index in [9.17, 15) is 9.59 Å². The summed E-state index contributed by atoms with van der Waals surface area (Å²) in [5.41, 5.74) is 6.25. The zero-order chi connectivity index (χ0) is 13.9. The van der Waals surface area contributed by atoms with E-state index in [1.807, 2.05) is 18.2 Å². The zero-order valence-electron chi connectivity index (χ0n) is 10.6. The van der Waals surface area contributed by atoms with Crippen molar-refractivity contribution >= 4 is 34.5 Å². The number of carbonyl (C=O) groups is 2. The lowest BCUT2D eigenvalue weighted by Crippen LogP contribution is -2.61. The van der Waals surface area contributed by atoms with Crippen LogP contribution in [0.15, 0.2) is 42.5 Å². The molecule has 102 valence electrons. The Morgan fingerprint density at radius 3 is 2.70 bits per heavy atom. The molecule has 6 heteroatoms. The van der Waals surface area contributed by atoms with Crippen LogP contribution in [-0.2, 0) is 10.5 Å². The Morgan fingerprint density at radius 2 is 1.85 bits per heavy atom. The molecule has 1 unspecified atom stereocenters. The number of rotatable bonds is 3. The molecule has 0 saturated carbocycles. The van der Waals surface area contributed by atoms with Crippen molar-refractivity contribution in [2.45, 2.75) is 11.1 Å². The van der Waals surface area contributed by atoms with Crippen molar-refractivity contribution < 1.29 is 9.59 Å².